The van der Waals surface area contributed by atoms with Crippen molar-refractivity contribution in [3.63, 3.8) is 0 Å². The zero-order valence-electron chi connectivity index (χ0n) is 11.1. The van der Waals surface area contributed by atoms with E-state index in [-0.39, 0.29) is 0 Å². The second-order valence-corrected chi connectivity index (χ2v) is 5.76. The number of aromatic nitrogens is 1. The van der Waals surface area contributed by atoms with Gasteiger partial charge in [-0.25, -0.2) is 0 Å². The van der Waals surface area contributed by atoms with E-state index < -0.39 is 0 Å². The Morgan fingerprint density at radius 1 is 1.16 bits per heavy atom. The standard InChI is InChI=1S/C16H18N2S/c1-17-12-14-5-2-4-13-7-9-18(16(13)14)10-8-15-6-3-11-19-15/h2-7,9,11,17H,8,10,12H2,1H3. The van der Waals surface area contributed by atoms with Crippen LogP contribution < -0.4 is 5.32 Å². The molecule has 0 unspecified atom stereocenters. The number of nitrogens with one attached hydrogen (secondary N) is 1. The second kappa shape index (κ2) is 5.59. The lowest BCUT2D eigenvalue weighted by Crippen LogP contribution is -2.08. The summed E-state index contributed by atoms with van der Waals surface area (Å²) in [5, 5.41) is 6.73. The largest absolute Gasteiger partial charge is 0.347 e. The molecule has 3 heteroatoms. The van der Waals surface area contributed by atoms with Gasteiger partial charge >= 0.3 is 0 Å². The average Bonchev–Trinajstić information content (AvgIpc) is 3.06. The topological polar surface area (TPSA) is 17.0 Å². The normalized spacial score (nSPS) is 11.2. The van der Waals surface area contributed by atoms with E-state index in [1.807, 2.05) is 18.4 Å². The maximum atomic E-state index is 3.25. The Balaban J connectivity index is 1.90. The lowest BCUT2D eigenvalue weighted by atomic mass is 10.1. The number of benzene rings is 1. The predicted molar refractivity (Wildman–Crippen MR) is 82.7 cm³/mol. The van der Waals surface area contributed by atoms with E-state index in [1.54, 1.807) is 0 Å². The highest BCUT2D eigenvalue weighted by Gasteiger charge is 2.06. The highest BCUT2D eigenvalue weighted by molar-refractivity contribution is 7.09. The molecular formula is C16H18N2S. The first-order valence-electron chi connectivity index (χ1n) is 6.62. The second-order valence-electron chi connectivity index (χ2n) is 4.72. The fourth-order valence-electron chi connectivity index (χ4n) is 2.55. The van der Waals surface area contributed by atoms with Gasteiger partial charge in [-0.15, -0.1) is 11.3 Å². The molecule has 0 aliphatic heterocycles. The first-order valence-corrected chi connectivity index (χ1v) is 7.50. The van der Waals surface area contributed by atoms with Crippen molar-refractivity contribution in [1.29, 1.82) is 0 Å². The van der Waals surface area contributed by atoms with E-state index in [4.69, 9.17) is 0 Å². The third-order valence-corrected chi connectivity index (χ3v) is 4.35. The molecule has 0 spiro atoms. The van der Waals surface area contributed by atoms with Gasteiger partial charge in [0, 0.05) is 24.2 Å². The quantitative estimate of drug-likeness (QED) is 0.748. The van der Waals surface area contributed by atoms with E-state index in [1.165, 1.54) is 21.3 Å². The van der Waals surface area contributed by atoms with Gasteiger partial charge < -0.3 is 9.88 Å². The molecule has 0 saturated carbocycles. The summed E-state index contributed by atoms with van der Waals surface area (Å²) in [5.41, 5.74) is 2.74. The number of para-hydroxylation sites is 1. The minimum absolute atomic E-state index is 0.917. The number of aryl methyl sites for hydroxylation is 2. The zero-order valence-corrected chi connectivity index (χ0v) is 11.9. The summed E-state index contributed by atoms with van der Waals surface area (Å²) in [6, 6.07) is 13.1. The van der Waals surface area contributed by atoms with Crippen molar-refractivity contribution in [2.75, 3.05) is 7.05 Å². The molecule has 2 aromatic heterocycles. The Labute approximate surface area is 117 Å². The lowest BCUT2D eigenvalue weighted by Gasteiger charge is -2.09. The molecule has 19 heavy (non-hydrogen) atoms. The van der Waals surface area contributed by atoms with Crippen molar-refractivity contribution < 1.29 is 0 Å². The molecule has 0 aliphatic rings. The fraction of sp³-hybridized carbons (Fsp3) is 0.250. The summed E-state index contributed by atoms with van der Waals surface area (Å²) in [4.78, 5) is 1.45. The summed E-state index contributed by atoms with van der Waals surface area (Å²) < 4.78 is 2.38. The summed E-state index contributed by atoms with van der Waals surface area (Å²) in [6.45, 7) is 1.96. The van der Waals surface area contributed by atoms with Crippen LogP contribution in [0.15, 0.2) is 48.0 Å². The first-order chi connectivity index (χ1) is 9.38. The van der Waals surface area contributed by atoms with E-state index >= 15 is 0 Å². The van der Waals surface area contributed by atoms with Crippen molar-refractivity contribution in [2.45, 2.75) is 19.5 Å². The summed E-state index contributed by atoms with van der Waals surface area (Å²) >= 11 is 1.84. The molecule has 2 nitrogen and oxygen atoms in total. The zero-order chi connectivity index (χ0) is 13.1. The third kappa shape index (κ3) is 2.57. The van der Waals surface area contributed by atoms with Crippen LogP contribution in [0, 0.1) is 0 Å². The highest BCUT2D eigenvalue weighted by atomic mass is 32.1. The van der Waals surface area contributed by atoms with Gasteiger partial charge in [0.05, 0.1) is 5.52 Å². The molecule has 0 saturated heterocycles. The maximum Gasteiger partial charge on any atom is 0.0525 e. The van der Waals surface area contributed by atoms with Crippen LogP contribution >= 0.6 is 11.3 Å². The minimum Gasteiger partial charge on any atom is -0.347 e. The Morgan fingerprint density at radius 2 is 2.11 bits per heavy atom. The first kappa shape index (κ1) is 12.5. The molecule has 0 aliphatic carbocycles. The van der Waals surface area contributed by atoms with Crippen molar-refractivity contribution in [2.24, 2.45) is 0 Å². The maximum absolute atomic E-state index is 3.25. The van der Waals surface area contributed by atoms with Gasteiger partial charge in [-0.2, -0.15) is 0 Å². The third-order valence-electron chi connectivity index (χ3n) is 3.42. The van der Waals surface area contributed by atoms with Crippen LogP contribution in [0.4, 0.5) is 0 Å². The summed E-state index contributed by atoms with van der Waals surface area (Å²) in [7, 11) is 2.00. The van der Waals surface area contributed by atoms with Crippen molar-refractivity contribution in [1.82, 2.24) is 9.88 Å². The Kier molecular flexibility index (Phi) is 3.67. The molecular weight excluding hydrogens is 252 g/mol. The van der Waals surface area contributed by atoms with E-state index in [0.29, 0.717) is 0 Å². The van der Waals surface area contributed by atoms with Crippen LogP contribution in [0.3, 0.4) is 0 Å². The summed E-state index contributed by atoms with van der Waals surface area (Å²) in [5.74, 6) is 0. The van der Waals surface area contributed by atoms with Gasteiger partial charge in [0.2, 0.25) is 0 Å². The molecule has 98 valence electrons. The minimum atomic E-state index is 0.917. The molecule has 0 atom stereocenters. The molecule has 0 bridgehead atoms. The van der Waals surface area contributed by atoms with Crippen LogP contribution in [0.2, 0.25) is 0 Å². The fourth-order valence-corrected chi connectivity index (χ4v) is 3.24. The highest BCUT2D eigenvalue weighted by Crippen LogP contribution is 2.21. The Hall–Kier alpha value is -1.58. The van der Waals surface area contributed by atoms with Gasteiger partial charge in [-0.3, -0.25) is 0 Å². The average molecular weight is 270 g/mol. The number of fused-ring (bicyclic) bond motifs is 1. The molecule has 0 radical (unpaired) electrons. The monoisotopic (exact) mass is 270 g/mol. The molecule has 0 amide bonds. The Morgan fingerprint density at radius 3 is 2.89 bits per heavy atom. The SMILES string of the molecule is CNCc1cccc2ccn(CCc3cccs3)c12. The number of nitrogens with zero attached hydrogens (tertiary/aromatic N) is 1. The molecule has 1 N–H and O–H groups in total. The van der Waals surface area contributed by atoms with Crippen molar-refractivity contribution >= 4 is 22.2 Å². The van der Waals surface area contributed by atoms with Gasteiger partial charge in [0.15, 0.2) is 0 Å². The lowest BCUT2D eigenvalue weighted by molar-refractivity contribution is 0.722. The van der Waals surface area contributed by atoms with E-state index in [9.17, 15) is 0 Å². The van der Waals surface area contributed by atoms with Gasteiger partial charge in [0.1, 0.15) is 0 Å². The van der Waals surface area contributed by atoms with Crippen LogP contribution in [-0.2, 0) is 19.5 Å². The predicted octanol–water partition coefficient (Wildman–Crippen LogP) is 3.66. The van der Waals surface area contributed by atoms with Crippen LogP contribution in [0.1, 0.15) is 10.4 Å². The molecule has 3 aromatic rings. The van der Waals surface area contributed by atoms with Gasteiger partial charge in [0.25, 0.3) is 0 Å². The number of hydrogen-bond acceptors (Lipinski definition) is 2. The van der Waals surface area contributed by atoms with Crippen LogP contribution in [0.25, 0.3) is 10.9 Å². The molecule has 0 fully saturated rings. The molecule has 2 heterocycles. The molecule has 3 rings (SSSR count). The number of rotatable bonds is 5. The van der Waals surface area contributed by atoms with Gasteiger partial charge in [-0.1, -0.05) is 24.3 Å². The van der Waals surface area contributed by atoms with Gasteiger partial charge in [-0.05, 0) is 41.9 Å². The van der Waals surface area contributed by atoms with E-state index in [2.05, 4.69) is 57.9 Å². The Bertz CT molecular complexity index is 653. The van der Waals surface area contributed by atoms with Crippen LogP contribution in [0.5, 0.6) is 0 Å². The van der Waals surface area contributed by atoms with Crippen molar-refractivity contribution in [3.8, 4) is 0 Å². The smallest absolute Gasteiger partial charge is 0.0525 e. The molecule has 1 aromatic carbocycles. The number of thiophene rings is 1. The van der Waals surface area contributed by atoms with Crippen molar-refractivity contribution in [3.05, 3.63) is 58.4 Å². The van der Waals surface area contributed by atoms with Crippen LogP contribution in [-0.4, -0.2) is 11.6 Å². The number of hydrogen-bond donors (Lipinski definition) is 1. The van der Waals surface area contributed by atoms with E-state index in [0.717, 1.165) is 19.5 Å². The summed E-state index contributed by atoms with van der Waals surface area (Å²) in [6.07, 6.45) is 3.31.